The summed E-state index contributed by atoms with van der Waals surface area (Å²) >= 11 is 0. The van der Waals surface area contributed by atoms with Gasteiger partial charge in [-0.15, -0.1) is 0 Å². The molecule has 0 saturated heterocycles. The number of hydrogen-bond acceptors (Lipinski definition) is 6. The highest BCUT2D eigenvalue weighted by Gasteiger charge is 2.32. The van der Waals surface area contributed by atoms with Gasteiger partial charge >= 0.3 is 0 Å². The summed E-state index contributed by atoms with van der Waals surface area (Å²) in [5, 5.41) is 14.3. The number of nitro benzene ring substituents is 1. The number of methoxy groups -OCH3 is 2. The van der Waals surface area contributed by atoms with Crippen molar-refractivity contribution in [2.75, 3.05) is 21.0 Å². The molecule has 46 heavy (non-hydrogen) atoms. The first-order chi connectivity index (χ1) is 21.9. The van der Waals surface area contributed by atoms with Gasteiger partial charge in [-0.2, -0.15) is 4.57 Å². The van der Waals surface area contributed by atoms with Gasteiger partial charge in [0, 0.05) is 59.6 Å². The lowest BCUT2D eigenvalue weighted by Crippen LogP contribution is -3.00. The number of fused-ring (bicyclic) bond motifs is 6. The fourth-order valence-corrected chi connectivity index (χ4v) is 6.91. The molecule has 8 rings (SSSR count). The van der Waals surface area contributed by atoms with Crippen LogP contribution in [-0.4, -0.2) is 30.5 Å². The molecule has 0 spiro atoms. The Bertz CT molecular complexity index is 2190. The predicted molar refractivity (Wildman–Crippen MR) is 170 cm³/mol. The van der Waals surface area contributed by atoms with Crippen LogP contribution in [0, 0.1) is 10.1 Å². The van der Waals surface area contributed by atoms with Gasteiger partial charge in [-0.25, -0.2) is 0 Å². The molecule has 2 aliphatic rings. The fourth-order valence-electron chi connectivity index (χ4n) is 6.91. The molecule has 0 bridgehead atoms. The van der Waals surface area contributed by atoms with Crippen molar-refractivity contribution >= 4 is 27.4 Å². The normalized spacial score (nSPS) is 12.8. The van der Waals surface area contributed by atoms with E-state index in [1.807, 2.05) is 19.2 Å². The number of pyridine rings is 1. The summed E-state index contributed by atoms with van der Waals surface area (Å²) in [6.45, 7) is 1.06. The van der Waals surface area contributed by atoms with E-state index in [2.05, 4.69) is 57.8 Å². The molecule has 9 nitrogen and oxygen atoms in total. The summed E-state index contributed by atoms with van der Waals surface area (Å²) in [7, 11) is 5.33. The average molecular weight is 636 g/mol. The number of nitrogens with zero attached hydrogens (tertiary/aromatic N) is 3. The lowest BCUT2D eigenvalue weighted by Gasteiger charge is -2.21. The summed E-state index contributed by atoms with van der Waals surface area (Å²) in [6, 6.07) is 23.9. The van der Waals surface area contributed by atoms with Crippen LogP contribution in [0.15, 0.2) is 79.0 Å². The van der Waals surface area contributed by atoms with Gasteiger partial charge in [-0.05, 0) is 53.1 Å². The minimum Gasteiger partial charge on any atom is -1.00 e. The van der Waals surface area contributed by atoms with E-state index in [9.17, 15) is 10.1 Å². The second-order valence-corrected chi connectivity index (χ2v) is 11.5. The van der Waals surface area contributed by atoms with Gasteiger partial charge in [0.1, 0.15) is 0 Å². The number of halogens is 1. The van der Waals surface area contributed by atoms with Crippen molar-refractivity contribution in [1.82, 2.24) is 4.57 Å². The van der Waals surface area contributed by atoms with Crippen LogP contribution in [0.3, 0.4) is 0 Å². The Kier molecular flexibility index (Phi) is 7.21. The number of rotatable bonds is 6. The van der Waals surface area contributed by atoms with Crippen molar-refractivity contribution < 1.29 is 40.8 Å². The topological polar surface area (TPSA) is 88.9 Å². The minimum atomic E-state index is -0.358. The van der Waals surface area contributed by atoms with Crippen molar-refractivity contribution in [2.24, 2.45) is 7.05 Å². The van der Waals surface area contributed by atoms with E-state index in [1.165, 1.54) is 11.1 Å². The third-order valence-electron chi connectivity index (χ3n) is 9.11. The maximum atomic E-state index is 11.3. The Morgan fingerprint density at radius 1 is 0.935 bits per heavy atom. The van der Waals surface area contributed by atoms with Crippen LogP contribution in [0.1, 0.15) is 16.7 Å². The third kappa shape index (κ3) is 4.58. The van der Waals surface area contributed by atoms with Crippen LogP contribution in [-0.2, 0) is 26.4 Å². The quantitative estimate of drug-likeness (QED) is 0.157. The monoisotopic (exact) mass is 635 g/mol. The third-order valence-corrected chi connectivity index (χ3v) is 9.11. The van der Waals surface area contributed by atoms with Crippen LogP contribution in [0.25, 0.3) is 44.2 Å². The zero-order valence-corrected chi connectivity index (χ0v) is 26.3. The second kappa shape index (κ2) is 11.3. The molecular weight excluding hydrogens is 606 g/mol. The van der Waals surface area contributed by atoms with Gasteiger partial charge < -0.3 is 35.9 Å². The molecular formula is C36H30ClN3O6. The Balaban J connectivity index is 0.00000338. The highest BCUT2D eigenvalue weighted by Crippen LogP contribution is 2.44. The largest absolute Gasteiger partial charge is 1.00 e. The van der Waals surface area contributed by atoms with E-state index in [0.717, 1.165) is 80.0 Å². The molecule has 0 radical (unpaired) electrons. The first-order valence-electron chi connectivity index (χ1n) is 14.8. The summed E-state index contributed by atoms with van der Waals surface area (Å²) < 4.78 is 27.4. The zero-order valence-electron chi connectivity index (χ0n) is 25.5. The molecule has 0 saturated carbocycles. The Labute approximate surface area is 271 Å². The van der Waals surface area contributed by atoms with E-state index < -0.39 is 0 Å². The van der Waals surface area contributed by atoms with Gasteiger partial charge in [0.25, 0.3) is 5.69 Å². The number of benzene rings is 4. The van der Waals surface area contributed by atoms with E-state index in [4.69, 9.17) is 18.9 Å². The average Bonchev–Trinajstić information content (AvgIpc) is 3.66. The predicted octanol–water partition coefficient (Wildman–Crippen LogP) is 3.76. The summed E-state index contributed by atoms with van der Waals surface area (Å²) in [6.07, 6.45) is 3.75. The van der Waals surface area contributed by atoms with Crippen LogP contribution >= 0.6 is 0 Å². The van der Waals surface area contributed by atoms with Crippen LogP contribution in [0.2, 0.25) is 0 Å². The molecule has 0 amide bonds. The Hall–Kier alpha value is -5.28. The van der Waals surface area contributed by atoms with Crippen molar-refractivity contribution in [1.29, 1.82) is 0 Å². The lowest BCUT2D eigenvalue weighted by atomic mass is 9.88. The van der Waals surface area contributed by atoms with E-state index in [0.29, 0.717) is 12.2 Å². The van der Waals surface area contributed by atoms with Gasteiger partial charge in [-0.3, -0.25) is 10.1 Å². The first-order valence-corrected chi connectivity index (χ1v) is 14.8. The van der Waals surface area contributed by atoms with Crippen LogP contribution in [0.5, 0.6) is 23.0 Å². The van der Waals surface area contributed by atoms with Crippen LogP contribution < -0.4 is 35.9 Å². The molecule has 0 unspecified atom stereocenters. The number of ether oxygens (including phenoxy) is 4. The lowest BCUT2D eigenvalue weighted by molar-refractivity contribution is -0.686. The van der Waals surface area contributed by atoms with Crippen molar-refractivity contribution in [2.45, 2.75) is 19.4 Å². The molecule has 6 aromatic rings. The van der Waals surface area contributed by atoms with Crippen molar-refractivity contribution in [3.63, 3.8) is 0 Å². The number of aromatic nitrogens is 2. The molecule has 4 heterocycles. The molecule has 2 aliphatic heterocycles. The van der Waals surface area contributed by atoms with E-state index >= 15 is 0 Å². The number of aryl methyl sites for hydroxylation is 3. The maximum absolute atomic E-state index is 11.3. The van der Waals surface area contributed by atoms with Crippen LogP contribution in [0.4, 0.5) is 5.69 Å². The number of non-ortho nitro benzene ring substituents is 1. The molecule has 232 valence electrons. The number of nitro groups is 1. The second-order valence-electron chi connectivity index (χ2n) is 11.5. The fraction of sp³-hybridized carbons (Fsp3) is 0.194. The zero-order chi connectivity index (χ0) is 30.8. The van der Waals surface area contributed by atoms with Gasteiger partial charge in [-0.1, -0.05) is 24.3 Å². The summed E-state index contributed by atoms with van der Waals surface area (Å²) in [5.41, 5.74) is 8.98. The Morgan fingerprint density at radius 3 is 2.46 bits per heavy atom. The highest BCUT2D eigenvalue weighted by atomic mass is 35.5. The first kappa shape index (κ1) is 29.4. The van der Waals surface area contributed by atoms with E-state index in [1.54, 1.807) is 32.4 Å². The molecule has 4 aromatic carbocycles. The smallest absolute Gasteiger partial charge is 0.270 e. The van der Waals surface area contributed by atoms with E-state index in [-0.39, 0.29) is 29.8 Å². The van der Waals surface area contributed by atoms with Crippen molar-refractivity contribution in [3.05, 3.63) is 106 Å². The number of hydrogen-bond donors (Lipinski definition) is 0. The van der Waals surface area contributed by atoms with Gasteiger partial charge in [0.05, 0.1) is 30.1 Å². The van der Waals surface area contributed by atoms with Gasteiger partial charge in [0.2, 0.25) is 12.5 Å². The molecule has 0 fully saturated rings. The Morgan fingerprint density at radius 2 is 1.72 bits per heavy atom. The SMILES string of the molecule is COc1ccc2c(Cc3ccc(-c4cc5cc([N+](=O)[O-])ccc5n4C)cc3)c3[n+](cc2c1OC)CCc1cc2c(cc1-3)OCO2.[Cl-]. The molecule has 10 heteroatoms. The summed E-state index contributed by atoms with van der Waals surface area (Å²) in [4.78, 5) is 11.0. The standard InChI is InChI=1S/C36H30N3O6.ClH/c1-37-30-10-8-25(39(40)41)15-24(30)16-31(37)22-6-4-21(5-7-22)14-28-26-9-11-32(42-2)36(43-3)29(26)19-38-13-12-23-17-33-34(45-20-44-33)18-27(23)35(28)38;/h4-11,15-19H,12-14,20H2,1-3H3;1H/q+1;/p-1. The molecule has 2 aromatic heterocycles. The summed E-state index contributed by atoms with van der Waals surface area (Å²) in [5.74, 6) is 2.98. The molecule has 0 aliphatic carbocycles. The maximum Gasteiger partial charge on any atom is 0.270 e. The van der Waals surface area contributed by atoms with Crippen molar-refractivity contribution in [3.8, 4) is 45.5 Å². The van der Waals surface area contributed by atoms with Gasteiger partial charge in [0.15, 0.2) is 35.7 Å². The molecule has 0 N–H and O–H groups in total. The minimum absolute atomic E-state index is 0. The molecule has 0 atom stereocenters. The highest BCUT2D eigenvalue weighted by molar-refractivity contribution is 5.95.